The summed E-state index contributed by atoms with van der Waals surface area (Å²) in [4.78, 5) is 13.9. The van der Waals surface area contributed by atoms with Crippen molar-refractivity contribution >= 4 is 31.9 Å². The Morgan fingerprint density at radius 3 is 1.32 bits per heavy atom. The van der Waals surface area contributed by atoms with Crippen molar-refractivity contribution in [1.82, 2.24) is 15.0 Å². The Balaban J connectivity index is 2.01. The first-order valence-corrected chi connectivity index (χ1v) is 9.06. The van der Waals surface area contributed by atoms with Crippen molar-refractivity contribution in [2.24, 2.45) is 0 Å². The quantitative estimate of drug-likeness (QED) is 0.560. The van der Waals surface area contributed by atoms with Gasteiger partial charge < -0.3 is 0 Å². The minimum absolute atomic E-state index is 0.732. The fourth-order valence-corrected chi connectivity index (χ4v) is 2.74. The molecule has 3 rings (SSSR count). The molecule has 0 bridgehead atoms. The van der Waals surface area contributed by atoms with E-state index < -0.39 is 0 Å². The normalized spacial score (nSPS) is 10.6. The van der Waals surface area contributed by atoms with E-state index in [0.717, 1.165) is 44.8 Å². The van der Waals surface area contributed by atoms with E-state index in [0.29, 0.717) is 0 Å². The zero-order valence-electron chi connectivity index (χ0n) is 11.7. The Hall–Kier alpha value is -1.59. The molecule has 0 aliphatic rings. The first-order chi connectivity index (χ1) is 10.8. The highest BCUT2D eigenvalue weighted by molar-refractivity contribution is 9.08. The molecule has 3 aromatic heterocycles. The molecule has 0 unspecified atom stereocenters. The molecule has 3 nitrogen and oxygen atoms in total. The lowest BCUT2D eigenvalue weighted by atomic mass is 10.2. The van der Waals surface area contributed by atoms with Crippen LogP contribution in [0.2, 0.25) is 0 Å². The molecule has 22 heavy (non-hydrogen) atoms. The third-order valence-corrected chi connectivity index (χ3v) is 4.31. The summed E-state index contributed by atoms with van der Waals surface area (Å²) in [5, 5.41) is 1.46. The van der Waals surface area contributed by atoms with Gasteiger partial charge in [-0.3, -0.25) is 9.97 Å². The summed E-state index contributed by atoms with van der Waals surface area (Å²) in [5.41, 5.74) is 5.43. The molecule has 0 aliphatic carbocycles. The number of hydrogen-bond acceptors (Lipinski definition) is 3. The van der Waals surface area contributed by atoms with E-state index >= 15 is 0 Å². The van der Waals surface area contributed by atoms with Crippen LogP contribution in [0, 0.1) is 0 Å². The summed E-state index contributed by atoms with van der Waals surface area (Å²) >= 11 is 6.87. The summed E-state index contributed by atoms with van der Waals surface area (Å²) in [6.45, 7) is 0. The van der Waals surface area contributed by atoms with Crippen LogP contribution in [0.15, 0.2) is 54.6 Å². The Morgan fingerprint density at radius 1 is 0.545 bits per heavy atom. The van der Waals surface area contributed by atoms with Crippen molar-refractivity contribution in [2.45, 2.75) is 10.7 Å². The topological polar surface area (TPSA) is 38.7 Å². The highest BCUT2D eigenvalue weighted by Crippen LogP contribution is 2.21. The fraction of sp³-hybridized carbons (Fsp3) is 0.118. The van der Waals surface area contributed by atoms with Crippen LogP contribution < -0.4 is 0 Å². The van der Waals surface area contributed by atoms with Gasteiger partial charge in [-0.25, -0.2) is 4.98 Å². The number of nitrogens with zero attached hydrogens (tertiary/aromatic N) is 3. The minimum atomic E-state index is 0.732. The van der Waals surface area contributed by atoms with Crippen LogP contribution in [-0.2, 0) is 10.7 Å². The third-order valence-electron chi connectivity index (χ3n) is 3.16. The molecular weight excluding hydrogens is 406 g/mol. The van der Waals surface area contributed by atoms with Gasteiger partial charge in [0.05, 0.1) is 34.2 Å². The van der Waals surface area contributed by atoms with Gasteiger partial charge in [-0.2, -0.15) is 0 Å². The maximum absolute atomic E-state index is 4.71. The molecule has 0 amide bonds. The molecule has 0 radical (unpaired) electrons. The number of halogens is 2. The average Bonchev–Trinajstić information content (AvgIpc) is 2.62. The predicted octanol–water partition coefficient (Wildman–Crippen LogP) is 5.00. The van der Waals surface area contributed by atoms with Gasteiger partial charge in [0.2, 0.25) is 0 Å². The standard InChI is InChI=1S/C17H13Br2N3/c18-10-12-4-1-6-14(20-12)16-8-3-9-17(22-16)15-7-2-5-13(11-19)21-15/h1-9H,10-11H2. The molecular formula is C17H13Br2N3. The number of pyridine rings is 3. The second-order valence-electron chi connectivity index (χ2n) is 4.70. The van der Waals surface area contributed by atoms with Crippen molar-refractivity contribution in [1.29, 1.82) is 0 Å². The van der Waals surface area contributed by atoms with E-state index in [-0.39, 0.29) is 0 Å². The molecule has 0 spiro atoms. The van der Waals surface area contributed by atoms with E-state index in [1.54, 1.807) is 0 Å². The number of aromatic nitrogens is 3. The first-order valence-electron chi connectivity index (χ1n) is 6.82. The van der Waals surface area contributed by atoms with Gasteiger partial charge in [-0.1, -0.05) is 50.1 Å². The number of alkyl halides is 2. The van der Waals surface area contributed by atoms with Gasteiger partial charge in [-0.15, -0.1) is 0 Å². The fourth-order valence-electron chi connectivity index (χ4n) is 2.11. The van der Waals surface area contributed by atoms with Gasteiger partial charge in [0, 0.05) is 10.7 Å². The SMILES string of the molecule is BrCc1cccc(-c2cccc(-c3cccc(CBr)n3)n2)n1. The summed E-state index contributed by atoms with van der Waals surface area (Å²) in [6.07, 6.45) is 0. The molecule has 3 aromatic rings. The van der Waals surface area contributed by atoms with Gasteiger partial charge in [0.25, 0.3) is 0 Å². The van der Waals surface area contributed by atoms with Crippen LogP contribution in [0.4, 0.5) is 0 Å². The summed E-state index contributed by atoms with van der Waals surface area (Å²) in [5.74, 6) is 0. The largest absolute Gasteiger partial charge is 0.250 e. The van der Waals surface area contributed by atoms with Crippen LogP contribution in [0.5, 0.6) is 0 Å². The molecule has 0 N–H and O–H groups in total. The Morgan fingerprint density at radius 2 is 0.909 bits per heavy atom. The molecule has 110 valence electrons. The van der Waals surface area contributed by atoms with Gasteiger partial charge >= 0.3 is 0 Å². The Labute approximate surface area is 146 Å². The van der Waals surface area contributed by atoms with E-state index in [4.69, 9.17) is 4.98 Å². The smallest absolute Gasteiger partial charge is 0.0894 e. The molecule has 5 heteroatoms. The molecule has 0 aliphatic heterocycles. The summed E-state index contributed by atoms with van der Waals surface area (Å²) in [7, 11) is 0. The molecule has 0 aromatic carbocycles. The highest BCUT2D eigenvalue weighted by Gasteiger charge is 2.06. The Bertz CT molecular complexity index is 727. The summed E-state index contributed by atoms with van der Waals surface area (Å²) in [6, 6.07) is 17.8. The lowest BCUT2D eigenvalue weighted by molar-refractivity contribution is 1.14. The van der Waals surface area contributed by atoms with E-state index in [1.807, 2.05) is 54.6 Å². The van der Waals surface area contributed by atoms with Gasteiger partial charge in [-0.05, 0) is 36.4 Å². The van der Waals surface area contributed by atoms with Crippen LogP contribution in [0.1, 0.15) is 11.4 Å². The lowest BCUT2D eigenvalue weighted by Gasteiger charge is -2.06. The van der Waals surface area contributed by atoms with Crippen LogP contribution in [-0.4, -0.2) is 15.0 Å². The van der Waals surface area contributed by atoms with Crippen molar-refractivity contribution in [3.63, 3.8) is 0 Å². The molecule has 0 saturated carbocycles. The van der Waals surface area contributed by atoms with E-state index in [1.165, 1.54) is 0 Å². The van der Waals surface area contributed by atoms with Crippen molar-refractivity contribution < 1.29 is 0 Å². The maximum Gasteiger partial charge on any atom is 0.0894 e. The Kier molecular flexibility index (Phi) is 4.95. The molecule has 0 saturated heterocycles. The van der Waals surface area contributed by atoms with Gasteiger partial charge in [0.15, 0.2) is 0 Å². The third kappa shape index (κ3) is 3.42. The highest BCUT2D eigenvalue weighted by atomic mass is 79.9. The second-order valence-corrected chi connectivity index (χ2v) is 5.83. The van der Waals surface area contributed by atoms with E-state index in [9.17, 15) is 0 Å². The maximum atomic E-state index is 4.71. The van der Waals surface area contributed by atoms with Gasteiger partial charge in [0.1, 0.15) is 0 Å². The zero-order chi connectivity index (χ0) is 15.4. The minimum Gasteiger partial charge on any atom is -0.250 e. The van der Waals surface area contributed by atoms with Crippen molar-refractivity contribution in [3.8, 4) is 22.8 Å². The van der Waals surface area contributed by atoms with Crippen LogP contribution in [0.3, 0.4) is 0 Å². The number of hydrogen-bond donors (Lipinski definition) is 0. The second kappa shape index (κ2) is 7.11. The molecule has 0 fully saturated rings. The first kappa shape index (κ1) is 15.3. The van der Waals surface area contributed by atoms with Crippen molar-refractivity contribution in [2.75, 3.05) is 0 Å². The average molecular weight is 419 g/mol. The van der Waals surface area contributed by atoms with E-state index in [2.05, 4.69) is 41.8 Å². The van der Waals surface area contributed by atoms with Crippen molar-refractivity contribution in [3.05, 3.63) is 66.0 Å². The molecule has 0 atom stereocenters. The predicted molar refractivity (Wildman–Crippen MR) is 96.0 cm³/mol. The summed E-state index contributed by atoms with van der Waals surface area (Å²) < 4.78 is 0. The number of rotatable bonds is 4. The monoisotopic (exact) mass is 417 g/mol. The lowest BCUT2D eigenvalue weighted by Crippen LogP contribution is -1.95. The van der Waals surface area contributed by atoms with Crippen LogP contribution in [0.25, 0.3) is 22.8 Å². The zero-order valence-corrected chi connectivity index (χ0v) is 14.9. The molecule has 3 heterocycles. The van der Waals surface area contributed by atoms with Crippen LogP contribution >= 0.6 is 31.9 Å².